The number of alkyl halides is 1. The molecule has 3 rings (SSSR count). The number of aliphatic hydroxyl groups excluding tert-OH is 1. The van der Waals surface area contributed by atoms with Gasteiger partial charge in [-0.2, -0.15) is 0 Å². The van der Waals surface area contributed by atoms with Crippen molar-refractivity contribution in [2.45, 2.75) is 83.2 Å². The Hall–Kier alpha value is -2.53. The molecule has 1 aliphatic rings. The fraction of sp³-hybridized carbons (Fsp3) is 0.630. The van der Waals surface area contributed by atoms with Crippen LogP contribution in [0, 0.1) is 0 Å². The Balaban J connectivity index is 1.96. The predicted octanol–water partition coefficient (Wildman–Crippen LogP) is 3.06. The van der Waals surface area contributed by atoms with E-state index in [0.29, 0.717) is 24.3 Å². The summed E-state index contributed by atoms with van der Waals surface area (Å²) < 4.78 is 41.1. The van der Waals surface area contributed by atoms with Crippen molar-refractivity contribution in [3.05, 3.63) is 62.9 Å². The van der Waals surface area contributed by atoms with Gasteiger partial charge in [-0.25, -0.2) is 9.18 Å². The molecule has 206 valence electrons. The molecule has 0 aliphatic carbocycles. The molecule has 0 bridgehead atoms. The molecule has 2 aromatic rings. The van der Waals surface area contributed by atoms with Crippen LogP contribution in [0.4, 0.5) is 4.39 Å². The minimum atomic E-state index is -1.79. The van der Waals surface area contributed by atoms with Crippen LogP contribution in [-0.4, -0.2) is 65.2 Å². The minimum Gasteiger partial charge on any atom is -0.497 e. The maximum absolute atomic E-state index is 16.0. The van der Waals surface area contributed by atoms with Crippen LogP contribution in [0.15, 0.2) is 46.1 Å². The Morgan fingerprint density at radius 2 is 1.78 bits per heavy atom. The van der Waals surface area contributed by atoms with E-state index in [1.54, 1.807) is 31.4 Å². The Bertz CT molecular complexity index is 1100. The Morgan fingerprint density at radius 1 is 1.11 bits per heavy atom. The highest BCUT2D eigenvalue weighted by Crippen LogP contribution is 2.43. The average Bonchev–Trinajstić information content (AvgIpc) is 3.17. The van der Waals surface area contributed by atoms with E-state index in [4.69, 9.17) is 18.9 Å². The normalized spacial score (nSPS) is 24.3. The molecule has 1 saturated heterocycles. The molecule has 1 aliphatic heterocycles. The van der Waals surface area contributed by atoms with Gasteiger partial charge in [0.05, 0.1) is 26.4 Å². The Morgan fingerprint density at radius 3 is 2.41 bits per heavy atom. The third-order valence-electron chi connectivity index (χ3n) is 6.73. The fourth-order valence-electron chi connectivity index (χ4n) is 4.41. The number of ether oxygens (including phenoxy) is 4. The number of benzene rings is 1. The fourth-order valence-corrected chi connectivity index (χ4v) is 4.41. The Kier molecular flexibility index (Phi) is 10.5. The lowest BCUT2D eigenvalue weighted by Crippen LogP contribution is -2.55. The van der Waals surface area contributed by atoms with Crippen molar-refractivity contribution in [3.8, 4) is 5.75 Å². The molecule has 1 aromatic heterocycles. The standard InChI is InChI=1S/C27H39FN2O7/c1-5-7-15-35-18-27(19(3)31)24(36-16-8-6-2)23(28)25(37-27)29-14-13-22(32)30(26(29)33)17-20-9-11-21(34-4)12-10-20/h9-14,19,23-25,31H,5-8,15-18H2,1-4H3/t19-,23+,24-,25+,27-/m0/s1. The zero-order valence-corrected chi connectivity index (χ0v) is 22.1. The summed E-state index contributed by atoms with van der Waals surface area (Å²) in [5, 5.41) is 10.8. The van der Waals surface area contributed by atoms with Crippen LogP contribution in [0.2, 0.25) is 0 Å². The zero-order valence-electron chi connectivity index (χ0n) is 22.1. The molecule has 37 heavy (non-hydrogen) atoms. The molecule has 0 unspecified atom stereocenters. The number of aromatic nitrogens is 2. The maximum Gasteiger partial charge on any atom is 0.333 e. The molecule has 0 saturated carbocycles. The van der Waals surface area contributed by atoms with E-state index in [9.17, 15) is 14.7 Å². The van der Waals surface area contributed by atoms with Crippen LogP contribution < -0.4 is 16.0 Å². The maximum atomic E-state index is 16.0. The second-order valence-corrected chi connectivity index (χ2v) is 9.41. The smallest absolute Gasteiger partial charge is 0.333 e. The van der Waals surface area contributed by atoms with Gasteiger partial charge in [0.1, 0.15) is 17.5 Å². The number of aliphatic hydroxyl groups is 1. The monoisotopic (exact) mass is 522 g/mol. The van der Waals surface area contributed by atoms with E-state index in [2.05, 4.69) is 0 Å². The van der Waals surface area contributed by atoms with Crippen LogP contribution in [-0.2, 0) is 20.8 Å². The van der Waals surface area contributed by atoms with Gasteiger partial charge in [0, 0.05) is 25.5 Å². The van der Waals surface area contributed by atoms with E-state index in [1.165, 1.54) is 19.2 Å². The van der Waals surface area contributed by atoms with Gasteiger partial charge in [0.2, 0.25) is 0 Å². The van der Waals surface area contributed by atoms with Crippen LogP contribution >= 0.6 is 0 Å². The molecule has 1 N–H and O–H groups in total. The van der Waals surface area contributed by atoms with Gasteiger partial charge in [0.15, 0.2) is 12.4 Å². The van der Waals surface area contributed by atoms with Crippen LogP contribution in [0.1, 0.15) is 58.2 Å². The van der Waals surface area contributed by atoms with Crippen LogP contribution in [0.5, 0.6) is 5.75 Å². The SMILES string of the molecule is CCCCOC[C@@]1([C@H](C)O)O[C@@H](n2ccc(=O)n(Cc3ccc(OC)cc3)c2=O)[C@H](F)[C@@H]1OCCCC. The van der Waals surface area contributed by atoms with Gasteiger partial charge in [-0.15, -0.1) is 0 Å². The summed E-state index contributed by atoms with van der Waals surface area (Å²) in [6, 6.07) is 8.15. The summed E-state index contributed by atoms with van der Waals surface area (Å²) >= 11 is 0. The zero-order chi connectivity index (χ0) is 27.0. The second-order valence-electron chi connectivity index (χ2n) is 9.41. The summed E-state index contributed by atoms with van der Waals surface area (Å²) in [4.78, 5) is 26.0. The number of hydrogen-bond donors (Lipinski definition) is 1. The first-order chi connectivity index (χ1) is 17.8. The summed E-state index contributed by atoms with van der Waals surface area (Å²) in [6.45, 7) is 6.10. The van der Waals surface area contributed by atoms with Gasteiger partial charge in [-0.05, 0) is 37.5 Å². The molecule has 0 amide bonds. The molecule has 1 fully saturated rings. The molecular formula is C27H39FN2O7. The third kappa shape index (κ3) is 6.49. The molecule has 9 nitrogen and oxygen atoms in total. The van der Waals surface area contributed by atoms with Crippen molar-refractivity contribution in [3.63, 3.8) is 0 Å². The van der Waals surface area contributed by atoms with E-state index in [0.717, 1.165) is 28.4 Å². The number of rotatable bonds is 14. The molecular weight excluding hydrogens is 483 g/mol. The van der Waals surface area contributed by atoms with E-state index >= 15 is 4.39 Å². The van der Waals surface area contributed by atoms with Gasteiger partial charge in [-0.1, -0.05) is 38.8 Å². The third-order valence-corrected chi connectivity index (χ3v) is 6.73. The number of halogens is 1. The van der Waals surface area contributed by atoms with E-state index < -0.39 is 41.5 Å². The van der Waals surface area contributed by atoms with Gasteiger partial charge < -0.3 is 24.1 Å². The van der Waals surface area contributed by atoms with Gasteiger partial charge in [-0.3, -0.25) is 13.9 Å². The highest BCUT2D eigenvalue weighted by molar-refractivity contribution is 5.27. The highest BCUT2D eigenvalue weighted by Gasteiger charge is 2.60. The molecule has 1 aromatic carbocycles. The quantitative estimate of drug-likeness (QED) is 0.381. The molecule has 10 heteroatoms. The summed E-state index contributed by atoms with van der Waals surface area (Å²) in [6.07, 6.45) is -1.02. The van der Waals surface area contributed by atoms with Crippen molar-refractivity contribution < 1.29 is 28.4 Å². The van der Waals surface area contributed by atoms with Crippen molar-refractivity contribution in [2.24, 2.45) is 0 Å². The van der Waals surface area contributed by atoms with E-state index in [1.807, 2.05) is 13.8 Å². The van der Waals surface area contributed by atoms with E-state index in [-0.39, 0.29) is 19.8 Å². The molecule has 0 radical (unpaired) electrons. The van der Waals surface area contributed by atoms with Crippen molar-refractivity contribution in [2.75, 3.05) is 26.9 Å². The first kappa shape index (κ1) is 29.0. The van der Waals surface area contributed by atoms with Crippen molar-refractivity contribution >= 4 is 0 Å². The lowest BCUT2D eigenvalue weighted by Gasteiger charge is -2.36. The lowest BCUT2D eigenvalue weighted by molar-refractivity contribution is -0.196. The van der Waals surface area contributed by atoms with Gasteiger partial charge in [0.25, 0.3) is 5.56 Å². The minimum absolute atomic E-state index is 0.00965. The second kappa shape index (κ2) is 13.3. The first-order valence-electron chi connectivity index (χ1n) is 12.9. The van der Waals surface area contributed by atoms with Gasteiger partial charge >= 0.3 is 5.69 Å². The molecule has 0 spiro atoms. The van der Waals surface area contributed by atoms with Crippen LogP contribution in [0.3, 0.4) is 0 Å². The number of methoxy groups -OCH3 is 1. The first-order valence-corrected chi connectivity index (χ1v) is 12.9. The number of unbranched alkanes of at least 4 members (excludes halogenated alkanes) is 2. The number of hydrogen-bond acceptors (Lipinski definition) is 7. The topological polar surface area (TPSA) is 101 Å². The van der Waals surface area contributed by atoms with Crippen molar-refractivity contribution in [1.82, 2.24) is 9.13 Å². The largest absolute Gasteiger partial charge is 0.497 e. The molecule has 2 heterocycles. The number of nitrogens with zero attached hydrogens (tertiary/aromatic N) is 2. The summed E-state index contributed by atoms with van der Waals surface area (Å²) in [5.41, 5.74) is -2.07. The predicted molar refractivity (Wildman–Crippen MR) is 137 cm³/mol. The van der Waals surface area contributed by atoms with Crippen molar-refractivity contribution in [1.29, 1.82) is 0 Å². The molecule has 5 atom stereocenters. The highest BCUT2D eigenvalue weighted by atomic mass is 19.1. The average molecular weight is 523 g/mol. The lowest BCUT2D eigenvalue weighted by atomic mass is 9.91. The Labute approximate surface area is 216 Å². The van der Waals surface area contributed by atoms with Crippen LogP contribution in [0.25, 0.3) is 0 Å². The summed E-state index contributed by atoms with van der Waals surface area (Å²) in [7, 11) is 1.55. The summed E-state index contributed by atoms with van der Waals surface area (Å²) in [5.74, 6) is 0.644.